The van der Waals surface area contributed by atoms with Crippen molar-refractivity contribution in [2.24, 2.45) is 4.99 Å². The molecule has 0 radical (unpaired) electrons. The summed E-state index contributed by atoms with van der Waals surface area (Å²) in [6.07, 6.45) is 0. The molecule has 30 heavy (non-hydrogen) atoms. The average molecular weight is 429 g/mol. The molecule has 0 saturated heterocycles. The number of fused-ring (bicyclic) bond motifs is 1. The Morgan fingerprint density at radius 1 is 1.07 bits per heavy atom. The number of aryl methyl sites for hydroxylation is 1. The third kappa shape index (κ3) is 4.83. The number of para-hydroxylation sites is 1. The number of nitrogens with one attached hydrogen (secondary N) is 2. The minimum atomic E-state index is -3.43. The second-order valence-electron chi connectivity index (χ2n) is 7.13. The summed E-state index contributed by atoms with van der Waals surface area (Å²) in [6.45, 7) is 5.73. The van der Waals surface area contributed by atoms with E-state index >= 15 is 0 Å². The van der Waals surface area contributed by atoms with Gasteiger partial charge in [-0.15, -0.1) is 0 Å². The Hall–Kier alpha value is -2.84. The third-order valence-corrected chi connectivity index (χ3v) is 6.65. The maximum atomic E-state index is 12.2. The number of hydrogen-bond acceptors (Lipinski definition) is 4. The lowest BCUT2D eigenvalue weighted by atomic mass is 10.1. The molecule has 0 atom stereocenters. The fourth-order valence-corrected chi connectivity index (χ4v) is 3.95. The number of guanidine groups is 1. The van der Waals surface area contributed by atoms with Gasteiger partial charge in [0.25, 0.3) is 0 Å². The van der Waals surface area contributed by atoms with Gasteiger partial charge in [-0.3, -0.25) is 0 Å². The van der Waals surface area contributed by atoms with E-state index in [-0.39, 0.29) is 4.90 Å². The Morgan fingerprint density at radius 3 is 2.40 bits per heavy atom. The molecule has 2 aromatic carbocycles. The van der Waals surface area contributed by atoms with Crippen molar-refractivity contribution in [1.29, 1.82) is 0 Å². The molecule has 0 amide bonds. The molecule has 1 heterocycles. The molecule has 0 bridgehead atoms. The average Bonchev–Trinajstić information content (AvgIpc) is 3.06. The van der Waals surface area contributed by atoms with Crippen molar-refractivity contribution >= 4 is 27.0 Å². The van der Waals surface area contributed by atoms with Gasteiger partial charge in [0, 0.05) is 31.6 Å². The van der Waals surface area contributed by atoms with Crippen LogP contribution in [0.3, 0.4) is 0 Å². The van der Waals surface area contributed by atoms with Crippen molar-refractivity contribution in [2.45, 2.75) is 31.8 Å². The first kappa shape index (κ1) is 21.9. The molecule has 0 spiro atoms. The first-order valence-corrected chi connectivity index (χ1v) is 11.3. The smallest absolute Gasteiger partial charge is 0.242 e. The van der Waals surface area contributed by atoms with Crippen LogP contribution in [0.1, 0.15) is 23.8 Å². The SMILES string of the molecule is CCNC(=NCc1ccc(S(=O)(=O)N(C)C)cc1)NCc1oc2ccccc2c1C. The first-order chi connectivity index (χ1) is 14.3. The minimum Gasteiger partial charge on any atom is -0.459 e. The van der Waals surface area contributed by atoms with E-state index < -0.39 is 10.0 Å². The number of nitrogens with zero attached hydrogens (tertiary/aromatic N) is 2. The van der Waals surface area contributed by atoms with Crippen molar-refractivity contribution in [3.8, 4) is 0 Å². The van der Waals surface area contributed by atoms with E-state index in [0.717, 1.165) is 34.4 Å². The van der Waals surface area contributed by atoms with Crippen molar-refractivity contribution in [3.05, 3.63) is 65.4 Å². The summed E-state index contributed by atoms with van der Waals surface area (Å²) in [6, 6.07) is 14.8. The van der Waals surface area contributed by atoms with Crippen LogP contribution in [0.4, 0.5) is 0 Å². The van der Waals surface area contributed by atoms with E-state index in [2.05, 4.69) is 28.6 Å². The Kier molecular flexibility index (Phi) is 6.79. The molecule has 0 saturated carbocycles. The third-order valence-electron chi connectivity index (χ3n) is 4.82. The van der Waals surface area contributed by atoms with Crippen molar-refractivity contribution < 1.29 is 12.8 Å². The quantitative estimate of drug-likeness (QED) is 0.446. The van der Waals surface area contributed by atoms with Gasteiger partial charge in [-0.05, 0) is 37.6 Å². The molecule has 2 N–H and O–H groups in total. The van der Waals surface area contributed by atoms with E-state index in [1.165, 1.54) is 18.4 Å². The van der Waals surface area contributed by atoms with Gasteiger partial charge in [-0.25, -0.2) is 17.7 Å². The van der Waals surface area contributed by atoms with Crippen LogP contribution in [-0.2, 0) is 23.1 Å². The van der Waals surface area contributed by atoms with Crippen LogP contribution in [0.15, 0.2) is 62.8 Å². The number of furan rings is 1. The Balaban J connectivity index is 1.69. The summed E-state index contributed by atoms with van der Waals surface area (Å²) in [5.41, 5.74) is 2.91. The van der Waals surface area contributed by atoms with E-state index in [0.29, 0.717) is 19.0 Å². The Bertz CT molecular complexity index is 1130. The van der Waals surface area contributed by atoms with Gasteiger partial charge >= 0.3 is 0 Å². The van der Waals surface area contributed by atoms with Crippen LogP contribution < -0.4 is 10.6 Å². The predicted molar refractivity (Wildman–Crippen MR) is 120 cm³/mol. The maximum Gasteiger partial charge on any atom is 0.242 e. The standard InChI is InChI=1S/C22H28N4O3S/c1-5-23-22(25-15-21-16(2)19-8-6-7-9-20(19)29-21)24-14-17-10-12-18(13-11-17)30(27,28)26(3)4/h6-13H,5,14-15H2,1-4H3,(H2,23,24,25). The molecule has 0 aliphatic carbocycles. The minimum absolute atomic E-state index is 0.269. The highest BCUT2D eigenvalue weighted by molar-refractivity contribution is 7.89. The van der Waals surface area contributed by atoms with Crippen LogP contribution in [-0.4, -0.2) is 39.3 Å². The first-order valence-electron chi connectivity index (χ1n) is 9.83. The Labute approximate surface area is 177 Å². The van der Waals surface area contributed by atoms with Crippen LogP contribution in [0, 0.1) is 6.92 Å². The number of sulfonamides is 1. The number of hydrogen-bond donors (Lipinski definition) is 2. The second-order valence-corrected chi connectivity index (χ2v) is 9.28. The topological polar surface area (TPSA) is 86.9 Å². The van der Waals surface area contributed by atoms with Crippen molar-refractivity contribution in [3.63, 3.8) is 0 Å². The summed E-state index contributed by atoms with van der Waals surface area (Å²) >= 11 is 0. The van der Waals surface area contributed by atoms with Gasteiger partial charge in [0.15, 0.2) is 5.96 Å². The molecule has 1 aromatic heterocycles. The van der Waals surface area contributed by atoms with Crippen LogP contribution in [0.25, 0.3) is 11.0 Å². The number of benzene rings is 2. The molecule has 3 rings (SSSR count). The van der Waals surface area contributed by atoms with Crippen LogP contribution in [0.5, 0.6) is 0 Å². The van der Waals surface area contributed by atoms with Gasteiger partial charge in [-0.1, -0.05) is 30.3 Å². The maximum absolute atomic E-state index is 12.2. The normalized spacial score (nSPS) is 12.5. The van der Waals surface area contributed by atoms with Crippen molar-refractivity contribution in [1.82, 2.24) is 14.9 Å². The predicted octanol–water partition coefficient (Wildman–Crippen LogP) is 3.25. The highest BCUT2D eigenvalue weighted by atomic mass is 32.2. The zero-order chi connectivity index (χ0) is 21.7. The molecule has 0 unspecified atom stereocenters. The number of rotatable bonds is 7. The summed E-state index contributed by atoms with van der Waals surface area (Å²) in [7, 11) is -0.387. The zero-order valence-electron chi connectivity index (χ0n) is 17.8. The molecule has 0 aliphatic heterocycles. The lowest BCUT2D eigenvalue weighted by Crippen LogP contribution is -2.36. The van der Waals surface area contributed by atoms with Gasteiger partial charge in [-0.2, -0.15) is 0 Å². The molecule has 8 heteroatoms. The van der Waals surface area contributed by atoms with E-state index in [1.807, 2.05) is 25.1 Å². The van der Waals surface area contributed by atoms with Gasteiger partial charge in [0.1, 0.15) is 11.3 Å². The van der Waals surface area contributed by atoms with Crippen LogP contribution >= 0.6 is 0 Å². The Morgan fingerprint density at radius 2 is 1.77 bits per heavy atom. The lowest BCUT2D eigenvalue weighted by Gasteiger charge is -2.12. The van der Waals surface area contributed by atoms with Gasteiger partial charge in [0.05, 0.1) is 18.0 Å². The highest BCUT2D eigenvalue weighted by Gasteiger charge is 2.16. The summed E-state index contributed by atoms with van der Waals surface area (Å²) in [4.78, 5) is 4.87. The highest BCUT2D eigenvalue weighted by Crippen LogP contribution is 2.24. The number of aliphatic imine (C=N–C) groups is 1. The summed E-state index contributed by atoms with van der Waals surface area (Å²) < 4.78 is 31.5. The monoisotopic (exact) mass is 428 g/mol. The van der Waals surface area contributed by atoms with Crippen LogP contribution in [0.2, 0.25) is 0 Å². The van der Waals surface area contributed by atoms with E-state index in [4.69, 9.17) is 4.42 Å². The lowest BCUT2D eigenvalue weighted by molar-refractivity contribution is 0.520. The van der Waals surface area contributed by atoms with E-state index in [9.17, 15) is 8.42 Å². The zero-order valence-corrected chi connectivity index (χ0v) is 18.6. The fraction of sp³-hybridized carbons (Fsp3) is 0.318. The molecular weight excluding hydrogens is 400 g/mol. The molecule has 7 nitrogen and oxygen atoms in total. The summed E-state index contributed by atoms with van der Waals surface area (Å²) in [5, 5.41) is 7.64. The van der Waals surface area contributed by atoms with Gasteiger partial charge in [0.2, 0.25) is 10.0 Å². The second kappa shape index (κ2) is 9.32. The molecule has 3 aromatic rings. The molecule has 0 aliphatic rings. The largest absolute Gasteiger partial charge is 0.459 e. The molecule has 0 fully saturated rings. The summed E-state index contributed by atoms with van der Waals surface area (Å²) in [5.74, 6) is 1.54. The fourth-order valence-electron chi connectivity index (χ4n) is 3.05. The van der Waals surface area contributed by atoms with Crippen molar-refractivity contribution in [2.75, 3.05) is 20.6 Å². The van der Waals surface area contributed by atoms with Gasteiger partial charge < -0.3 is 15.1 Å². The molecule has 160 valence electrons. The van der Waals surface area contributed by atoms with E-state index in [1.54, 1.807) is 24.3 Å². The molecular formula is C22H28N4O3S.